The van der Waals surface area contributed by atoms with Crippen molar-refractivity contribution in [3.8, 4) is 0 Å². The highest BCUT2D eigenvalue weighted by molar-refractivity contribution is 5.42. The van der Waals surface area contributed by atoms with Crippen molar-refractivity contribution >= 4 is 0 Å². The molecular weight excluding hydrogens is 274 g/mol. The van der Waals surface area contributed by atoms with Gasteiger partial charge in [-0.05, 0) is 68.3 Å². The first-order valence-corrected chi connectivity index (χ1v) is 8.98. The molecule has 4 rings (SSSR count). The molecule has 0 saturated heterocycles. The SMILES string of the molecule is C[C@]12C(O)=C(O)CCC1C[C@H](N)C1=C2CC[C@]2(C)CCC[C@@H]12. The zero-order valence-corrected chi connectivity index (χ0v) is 13.9. The van der Waals surface area contributed by atoms with Crippen LogP contribution in [0.2, 0.25) is 0 Å². The standard InChI is InChI=1S/C19H29NO2/c1-18-8-3-4-12(18)16-13(7-9-18)19(2)11(10-14(16)20)5-6-15(21)17(19)22/h11-12,14,21-22H,3-10,20H2,1-2H3/t11?,12-,14-,18-,19-/m0/s1. The van der Waals surface area contributed by atoms with Crippen LogP contribution in [-0.2, 0) is 0 Å². The average Bonchev–Trinajstić information content (AvgIpc) is 2.87. The molecule has 1 saturated carbocycles. The van der Waals surface area contributed by atoms with Gasteiger partial charge in [-0.3, -0.25) is 0 Å². The maximum atomic E-state index is 10.7. The van der Waals surface area contributed by atoms with E-state index in [9.17, 15) is 10.2 Å². The Morgan fingerprint density at radius 1 is 1.09 bits per heavy atom. The van der Waals surface area contributed by atoms with E-state index in [2.05, 4.69) is 13.8 Å². The van der Waals surface area contributed by atoms with Gasteiger partial charge in [0.05, 0.1) is 5.41 Å². The lowest BCUT2D eigenvalue weighted by Gasteiger charge is -2.54. The molecule has 3 nitrogen and oxygen atoms in total. The van der Waals surface area contributed by atoms with Gasteiger partial charge in [-0.1, -0.05) is 18.9 Å². The number of allylic oxidation sites excluding steroid dienone is 2. The average molecular weight is 303 g/mol. The summed E-state index contributed by atoms with van der Waals surface area (Å²) in [6.45, 7) is 4.59. The van der Waals surface area contributed by atoms with Crippen molar-refractivity contribution in [2.75, 3.05) is 0 Å². The largest absolute Gasteiger partial charge is 0.509 e. The van der Waals surface area contributed by atoms with Gasteiger partial charge in [0.2, 0.25) is 0 Å². The van der Waals surface area contributed by atoms with Crippen molar-refractivity contribution in [3.63, 3.8) is 0 Å². The Morgan fingerprint density at radius 2 is 1.86 bits per heavy atom. The maximum Gasteiger partial charge on any atom is 0.140 e. The van der Waals surface area contributed by atoms with Crippen molar-refractivity contribution < 1.29 is 10.2 Å². The minimum Gasteiger partial charge on any atom is -0.509 e. The molecule has 1 fully saturated rings. The van der Waals surface area contributed by atoms with E-state index in [0.29, 0.717) is 23.7 Å². The van der Waals surface area contributed by atoms with Gasteiger partial charge in [0.25, 0.3) is 0 Å². The highest BCUT2D eigenvalue weighted by atomic mass is 16.3. The predicted octanol–water partition coefficient (Wildman–Crippen LogP) is 4.36. The summed E-state index contributed by atoms with van der Waals surface area (Å²) >= 11 is 0. The molecule has 3 heteroatoms. The van der Waals surface area contributed by atoms with E-state index >= 15 is 0 Å². The Morgan fingerprint density at radius 3 is 2.64 bits per heavy atom. The monoisotopic (exact) mass is 303 g/mol. The third kappa shape index (κ3) is 1.66. The van der Waals surface area contributed by atoms with Crippen molar-refractivity contribution in [2.45, 2.75) is 71.3 Å². The van der Waals surface area contributed by atoms with Gasteiger partial charge in [-0.15, -0.1) is 0 Å². The van der Waals surface area contributed by atoms with E-state index in [1.54, 1.807) is 0 Å². The Hall–Kier alpha value is -0.960. The number of aliphatic hydroxyl groups is 2. The van der Waals surface area contributed by atoms with Crippen LogP contribution in [0, 0.1) is 22.7 Å². The fraction of sp³-hybridized carbons (Fsp3) is 0.789. The third-order valence-electron chi connectivity index (χ3n) is 7.63. The molecule has 0 spiro atoms. The van der Waals surface area contributed by atoms with Crippen LogP contribution >= 0.6 is 0 Å². The first kappa shape index (κ1) is 14.6. The summed E-state index contributed by atoms with van der Waals surface area (Å²) in [5.41, 5.74) is 9.51. The second-order valence-electron chi connectivity index (χ2n) is 8.61. The summed E-state index contributed by atoms with van der Waals surface area (Å²) in [4.78, 5) is 0. The zero-order valence-electron chi connectivity index (χ0n) is 13.9. The molecule has 0 aliphatic heterocycles. The maximum absolute atomic E-state index is 10.7. The first-order valence-electron chi connectivity index (χ1n) is 8.98. The van der Waals surface area contributed by atoms with Gasteiger partial charge in [0.1, 0.15) is 11.5 Å². The van der Waals surface area contributed by atoms with Crippen LogP contribution in [0.25, 0.3) is 0 Å². The summed E-state index contributed by atoms with van der Waals surface area (Å²) < 4.78 is 0. The number of hydrogen-bond acceptors (Lipinski definition) is 3. The van der Waals surface area contributed by atoms with Gasteiger partial charge in [0, 0.05) is 12.5 Å². The molecule has 0 aromatic heterocycles. The topological polar surface area (TPSA) is 66.5 Å². The number of aliphatic hydroxyl groups excluding tert-OH is 2. The second kappa shape index (κ2) is 4.53. The number of rotatable bonds is 0. The fourth-order valence-corrected chi connectivity index (χ4v) is 6.26. The van der Waals surface area contributed by atoms with Crippen molar-refractivity contribution in [1.29, 1.82) is 0 Å². The minimum absolute atomic E-state index is 0.156. The summed E-state index contributed by atoms with van der Waals surface area (Å²) in [5.74, 6) is 1.43. The quantitative estimate of drug-likeness (QED) is 0.583. The lowest BCUT2D eigenvalue weighted by molar-refractivity contribution is 0.0843. The summed E-state index contributed by atoms with van der Waals surface area (Å²) in [6.07, 6.45) is 8.62. The molecular formula is C19H29NO2. The van der Waals surface area contributed by atoms with E-state index in [1.807, 2.05) is 0 Å². The molecule has 0 heterocycles. The molecule has 5 atom stereocenters. The molecule has 4 N–H and O–H groups in total. The molecule has 4 aliphatic carbocycles. The van der Waals surface area contributed by atoms with Gasteiger partial charge in [0.15, 0.2) is 0 Å². The van der Waals surface area contributed by atoms with E-state index in [4.69, 9.17) is 5.73 Å². The van der Waals surface area contributed by atoms with Gasteiger partial charge in [-0.2, -0.15) is 0 Å². The van der Waals surface area contributed by atoms with E-state index < -0.39 is 0 Å². The molecule has 22 heavy (non-hydrogen) atoms. The van der Waals surface area contributed by atoms with E-state index in [1.165, 1.54) is 36.8 Å². The lowest BCUT2D eigenvalue weighted by atomic mass is 9.51. The van der Waals surface area contributed by atoms with Crippen LogP contribution < -0.4 is 5.73 Å². The molecule has 0 bridgehead atoms. The zero-order chi connectivity index (χ0) is 15.7. The van der Waals surface area contributed by atoms with Crippen molar-refractivity contribution in [1.82, 2.24) is 0 Å². The molecule has 0 aromatic carbocycles. The van der Waals surface area contributed by atoms with Gasteiger partial charge >= 0.3 is 0 Å². The number of hydrogen-bond donors (Lipinski definition) is 3. The summed E-state index contributed by atoms with van der Waals surface area (Å²) in [6, 6.07) is 0.156. The first-order chi connectivity index (χ1) is 10.4. The van der Waals surface area contributed by atoms with E-state index in [-0.39, 0.29) is 23.0 Å². The molecule has 1 unspecified atom stereocenters. The Bertz CT molecular complexity index is 578. The number of fused-ring (bicyclic) bond motifs is 4. The smallest absolute Gasteiger partial charge is 0.140 e. The van der Waals surface area contributed by atoms with Crippen LogP contribution in [0.5, 0.6) is 0 Å². The predicted molar refractivity (Wildman–Crippen MR) is 87.4 cm³/mol. The Balaban J connectivity index is 1.89. The summed E-state index contributed by atoms with van der Waals surface area (Å²) in [7, 11) is 0. The Kier molecular flexibility index (Phi) is 3.01. The van der Waals surface area contributed by atoms with Crippen LogP contribution in [-0.4, -0.2) is 16.3 Å². The lowest BCUT2D eigenvalue weighted by Crippen LogP contribution is -2.50. The summed E-state index contributed by atoms with van der Waals surface area (Å²) in [5, 5.41) is 20.9. The molecule has 4 aliphatic rings. The normalized spacial score (nSPS) is 48.0. The van der Waals surface area contributed by atoms with Crippen LogP contribution in [0.4, 0.5) is 0 Å². The fourth-order valence-electron chi connectivity index (χ4n) is 6.26. The van der Waals surface area contributed by atoms with Crippen LogP contribution in [0.1, 0.15) is 65.2 Å². The number of nitrogens with two attached hydrogens (primary N) is 1. The molecule has 0 radical (unpaired) electrons. The van der Waals surface area contributed by atoms with Gasteiger partial charge < -0.3 is 15.9 Å². The van der Waals surface area contributed by atoms with Crippen LogP contribution in [0.3, 0.4) is 0 Å². The van der Waals surface area contributed by atoms with Crippen LogP contribution in [0.15, 0.2) is 22.7 Å². The molecule has 0 aromatic rings. The second-order valence-corrected chi connectivity index (χ2v) is 8.61. The highest BCUT2D eigenvalue weighted by Crippen LogP contribution is 2.63. The molecule has 0 amide bonds. The van der Waals surface area contributed by atoms with E-state index in [0.717, 1.165) is 19.3 Å². The minimum atomic E-state index is -0.364. The van der Waals surface area contributed by atoms with Crippen molar-refractivity contribution in [3.05, 3.63) is 22.7 Å². The highest BCUT2D eigenvalue weighted by Gasteiger charge is 2.55. The third-order valence-corrected chi connectivity index (χ3v) is 7.63. The molecule has 122 valence electrons. The Labute approximate surface area is 133 Å². The van der Waals surface area contributed by atoms with Crippen molar-refractivity contribution in [2.24, 2.45) is 28.4 Å². The van der Waals surface area contributed by atoms with Gasteiger partial charge in [-0.25, -0.2) is 0 Å².